The summed E-state index contributed by atoms with van der Waals surface area (Å²) in [6, 6.07) is 0. The molecule has 96 valence electrons. The van der Waals surface area contributed by atoms with Gasteiger partial charge in [0.25, 0.3) is 0 Å². The number of hydrogen-bond donors (Lipinski definition) is 0. The summed E-state index contributed by atoms with van der Waals surface area (Å²) < 4.78 is 0. The van der Waals surface area contributed by atoms with Crippen LogP contribution in [-0.2, 0) is 9.59 Å². The largest absolute Gasteiger partial charge is 2.00 e. The molecule has 0 aliphatic heterocycles. The first-order valence-electron chi connectivity index (χ1n) is 5.23. The first kappa shape index (κ1) is 22.4. The van der Waals surface area contributed by atoms with E-state index in [1.807, 2.05) is 41.5 Å². The molecule has 0 rings (SSSR count). The van der Waals surface area contributed by atoms with Crippen LogP contribution < -0.4 is 10.2 Å². The molecule has 0 amide bonds. The molecule has 0 N–H and O–H groups in total. The summed E-state index contributed by atoms with van der Waals surface area (Å²) in [5, 5.41) is 19.8. The molecule has 0 heterocycles. The normalized spacial score (nSPS) is 10.7. The van der Waals surface area contributed by atoms with Crippen molar-refractivity contribution in [1.29, 1.82) is 0 Å². The van der Waals surface area contributed by atoms with Gasteiger partial charge in [0.2, 0.25) is 0 Å². The van der Waals surface area contributed by atoms with Gasteiger partial charge >= 0.3 is 37.7 Å². The van der Waals surface area contributed by atoms with Crippen molar-refractivity contribution in [1.82, 2.24) is 0 Å². The molecule has 0 spiro atoms. The second-order valence-electron chi connectivity index (χ2n) is 6.22. The number of rotatable bonds is 2. The van der Waals surface area contributed by atoms with Crippen molar-refractivity contribution in [2.75, 3.05) is 0 Å². The quantitative estimate of drug-likeness (QED) is 0.660. The molecule has 17 heavy (non-hydrogen) atoms. The van der Waals surface area contributed by atoms with E-state index in [4.69, 9.17) is 0 Å². The van der Waals surface area contributed by atoms with Crippen molar-refractivity contribution in [3.05, 3.63) is 0 Å². The van der Waals surface area contributed by atoms with Gasteiger partial charge in [0.1, 0.15) is 0 Å². The second kappa shape index (κ2) is 9.17. The zero-order valence-electron chi connectivity index (χ0n) is 11.8. The molecule has 4 nitrogen and oxygen atoms in total. The van der Waals surface area contributed by atoms with E-state index in [1.54, 1.807) is 0 Å². The predicted molar refractivity (Wildman–Crippen MR) is 63.9 cm³/mol. The molecule has 0 radical (unpaired) electrons. The fourth-order valence-corrected chi connectivity index (χ4v) is 0.866. The average molecular weight is 270 g/mol. The van der Waals surface area contributed by atoms with Crippen molar-refractivity contribution in [3.8, 4) is 0 Å². The summed E-state index contributed by atoms with van der Waals surface area (Å²) in [4.78, 5) is 19.8. The molecule has 0 aromatic heterocycles. The molecule has 0 aromatic carbocycles. The molecule has 0 unspecified atom stereocenters. The van der Waals surface area contributed by atoms with E-state index in [0.29, 0.717) is 0 Å². The Morgan fingerprint density at radius 1 is 0.765 bits per heavy atom. The minimum Gasteiger partial charge on any atom is -0.550 e. The number of aliphatic carboxylic acids is 2. The third-order valence-electron chi connectivity index (χ3n) is 1.35. The minimum atomic E-state index is -0.975. The summed E-state index contributed by atoms with van der Waals surface area (Å²) in [6.07, 6.45) is 0.264. The van der Waals surface area contributed by atoms with E-state index in [0.717, 1.165) is 0 Å². The number of carbonyl (C=O) groups excluding carboxylic acids is 2. The fraction of sp³-hybridized carbons (Fsp3) is 0.833. The molecule has 0 aliphatic rings. The van der Waals surface area contributed by atoms with E-state index in [9.17, 15) is 19.8 Å². The van der Waals surface area contributed by atoms with Crippen LogP contribution in [0.5, 0.6) is 0 Å². The summed E-state index contributed by atoms with van der Waals surface area (Å²) in [5.41, 5.74) is -0.280. The van der Waals surface area contributed by atoms with Crippen molar-refractivity contribution in [2.24, 2.45) is 10.8 Å². The number of hydrogen-bond acceptors (Lipinski definition) is 4. The van der Waals surface area contributed by atoms with Crippen LogP contribution in [0.2, 0.25) is 0 Å². The monoisotopic (exact) mass is 270 g/mol. The molecular weight excluding hydrogens is 248 g/mol. The molecule has 0 aromatic rings. The van der Waals surface area contributed by atoms with Crippen molar-refractivity contribution < 1.29 is 19.8 Å². The molecular formula is C12H22CaO4. The number of carboxylic acids is 2. The van der Waals surface area contributed by atoms with E-state index in [1.165, 1.54) is 0 Å². The summed E-state index contributed by atoms with van der Waals surface area (Å²) in [6.45, 7) is 11.2. The maximum absolute atomic E-state index is 9.90. The van der Waals surface area contributed by atoms with Gasteiger partial charge in [0, 0.05) is 11.9 Å². The first-order chi connectivity index (χ1) is 6.83. The number of carboxylic acid groups (broad SMARTS) is 2. The minimum absolute atomic E-state index is 0. The molecule has 0 aliphatic carbocycles. The van der Waals surface area contributed by atoms with Crippen LogP contribution in [-0.4, -0.2) is 49.7 Å². The van der Waals surface area contributed by atoms with Gasteiger partial charge in [-0.2, -0.15) is 0 Å². The van der Waals surface area contributed by atoms with Gasteiger partial charge in [-0.25, -0.2) is 0 Å². The Hall–Kier alpha value is 0.200. The summed E-state index contributed by atoms with van der Waals surface area (Å²) >= 11 is 0. The molecule has 0 saturated heterocycles. The Kier molecular flexibility index (Phi) is 12.1. The third kappa shape index (κ3) is 31.4. The second-order valence-corrected chi connectivity index (χ2v) is 6.22. The van der Waals surface area contributed by atoms with E-state index < -0.39 is 11.9 Å². The van der Waals surface area contributed by atoms with Crippen LogP contribution in [0.4, 0.5) is 0 Å². The van der Waals surface area contributed by atoms with Gasteiger partial charge in [-0.15, -0.1) is 0 Å². The Morgan fingerprint density at radius 3 is 0.941 bits per heavy atom. The van der Waals surface area contributed by atoms with Crippen LogP contribution in [0, 0.1) is 10.8 Å². The van der Waals surface area contributed by atoms with Gasteiger partial charge in [-0.05, 0) is 23.7 Å². The van der Waals surface area contributed by atoms with Gasteiger partial charge < -0.3 is 19.8 Å². The molecule has 0 atom stereocenters. The predicted octanol–water partition coefficient (Wildman–Crippen LogP) is -0.0358. The van der Waals surface area contributed by atoms with Crippen LogP contribution in [0.3, 0.4) is 0 Å². The van der Waals surface area contributed by atoms with E-state index in [-0.39, 0.29) is 61.4 Å². The molecule has 5 heteroatoms. The van der Waals surface area contributed by atoms with Crippen molar-refractivity contribution in [2.45, 2.75) is 54.4 Å². The standard InChI is InChI=1S/2C6H12O2.Ca/c2*1-6(2,3)4-5(7)8;/h2*4H2,1-3H3,(H,7,8);/q;;+2/p-2. The van der Waals surface area contributed by atoms with Crippen LogP contribution in [0.15, 0.2) is 0 Å². The maximum atomic E-state index is 9.90. The summed E-state index contributed by atoms with van der Waals surface area (Å²) in [7, 11) is 0. The smallest absolute Gasteiger partial charge is 0.550 e. The van der Waals surface area contributed by atoms with Gasteiger partial charge in [-0.3, -0.25) is 0 Å². The van der Waals surface area contributed by atoms with Gasteiger partial charge in [0.05, 0.1) is 0 Å². The van der Waals surface area contributed by atoms with Gasteiger partial charge in [-0.1, -0.05) is 41.5 Å². The van der Waals surface area contributed by atoms with Crippen molar-refractivity contribution >= 4 is 49.7 Å². The Bertz CT molecular complexity index is 210. The molecule has 0 fully saturated rings. The zero-order chi connectivity index (χ0) is 13.6. The molecule has 0 bridgehead atoms. The topological polar surface area (TPSA) is 80.3 Å². The fourth-order valence-electron chi connectivity index (χ4n) is 0.866. The van der Waals surface area contributed by atoms with Crippen molar-refractivity contribution in [3.63, 3.8) is 0 Å². The van der Waals surface area contributed by atoms with Crippen LogP contribution in [0.1, 0.15) is 54.4 Å². The summed E-state index contributed by atoms with van der Waals surface area (Å²) in [5.74, 6) is -1.95. The Balaban J connectivity index is -0.000000218. The SMILES string of the molecule is CC(C)(C)CC(=O)[O-].CC(C)(C)CC(=O)[O-].[Ca+2]. The van der Waals surface area contributed by atoms with Crippen LogP contribution >= 0.6 is 0 Å². The van der Waals surface area contributed by atoms with E-state index in [2.05, 4.69) is 0 Å². The average Bonchev–Trinajstić information content (AvgIpc) is 1.72. The van der Waals surface area contributed by atoms with Crippen LogP contribution in [0.25, 0.3) is 0 Å². The first-order valence-corrected chi connectivity index (χ1v) is 5.23. The maximum Gasteiger partial charge on any atom is 2.00 e. The van der Waals surface area contributed by atoms with Gasteiger partial charge in [0.15, 0.2) is 0 Å². The Labute approximate surface area is 134 Å². The zero-order valence-corrected chi connectivity index (χ0v) is 14.0. The van der Waals surface area contributed by atoms with E-state index >= 15 is 0 Å². The third-order valence-corrected chi connectivity index (χ3v) is 1.35. The number of carbonyl (C=O) groups is 2. The molecule has 0 saturated carbocycles. The Morgan fingerprint density at radius 2 is 0.941 bits per heavy atom.